The summed E-state index contributed by atoms with van der Waals surface area (Å²) in [5.41, 5.74) is 0.851. The molecule has 1 saturated carbocycles. The van der Waals surface area contributed by atoms with E-state index in [0.717, 1.165) is 22.9 Å². The summed E-state index contributed by atoms with van der Waals surface area (Å²) in [7, 11) is 0. The quantitative estimate of drug-likeness (QED) is 0.336. The molecule has 1 unspecified atom stereocenters. The Kier molecular flexibility index (Phi) is 6.43. The summed E-state index contributed by atoms with van der Waals surface area (Å²) < 4.78 is 28.7. The third-order valence-corrected chi connectivity index (χ3v) is 8.07. The number of fused-ring (bicyclic) bond motifs is 1. The van der Waals surface area contributed by atoms with Gasteiger partial charge in [0.15, 0.2) is 5.76 Å². The number of carbonyl (C=O) groups is 1. The minimum atomic E-state index is -1.32. The maximum Gasteiger partial charge on any atom is 0.519 e. The van der Waals surface area contributed by atoms with E-state index in [1.54, 1.807) is 17.6 Å². The third-order valence-electron chi connectivity index (χ3n) is 7.54. The molecule has 2 fully saturated rings. The lowest BCUT2D eigenvalue weighted by Crippen LogP contribution is -2.48. The topological polar surface area (TPSA) is 109 Å². The SMILES string of the molecule is Cc1oc(=O)oc1CN1CCN(c2cc3c(cc2F)c(=O)c(C(=O)O)cn3C2CC2)CC1c1ccc(Br)cc1. The Morgan fingerprint density at radius 2 is 1.87 bits per heavy atom. The number of aromatic carboxylic acids is 1. The molecule has 9 nitrogen and oxygen atoms in total. The number of hydrogen-bond donors (Lipinski definition) is 1. The molecule has 2 aromatic carbocycles. The number of pyridine rings is 1. The predicted octanol–water partition coefficient (Wildman–Crippen LogP) is 4.85. The number of rotatable bonds is 6. The van der Waals surface area contributed by atoms with Crippen molar-refractivity contribution in [3.63, 3.8) is 0 Å². The third kappa shape index (κ3) is 4.80. The zero-order valence-electron chi connectivity index (χ0n) is 21.0. The fourth-order valence-electron chi connectivity index (χ4n) is 5.34. The van der Waals surface area contributed by atoms with Crippen LogP contribution in [0.15, 0.2) is 65.5 Å². The lowest BCUT2D eigenvalue weighted by molar-refractivity contribution is 0.0695. The molecule has 6 rings (SSSR count). The highest BCUT2D eigenvalue weighted by Gasteiger charge is 2.32. The second-order valence-corrected chi connectivity index (χ2v) is 11.0. The van der Waals surface area contributed by atoms with Gasteiger partial charge in [-0.05, 0) is 49.6 Å². The van der Waals surface area contributed by atoms with E-state index < -0.39 is 23.0 Å². The van der Waals surface area contributed by atoms with Crippen molar-refractivity contribution in [1.82, 2.24) is 9.47 Å². The standard InChI is InChI=1S/C28H25BrFN3O6/c1-15-25(39-28(37)38-15)14-32-9-8-31(13-24(32)16-2-4-17(29)5-3-16)23-11-22-19(10-21(23)30)26(34)20(27(35)36)12-33(22)18-6-7-18/h2-5,10-12,18,24H,6-9,13-14H2,1H3,(H,35,36). The summed E-state index contributed by atoms with van der Waals surface area (Å²) in [5.74, 6) is -1.76. The van der Waals surface area contributed by atoms with Crippen LogP contribution in [0.5, 0.6) is 0 Å². The maximum atomic E-state index is 15.6. The van der Waals surface area contributed by atoms with Gasteiger partial charge in [-0.3, -0.25) is 9.69 Å². The van der Waals surface area contributed by atoms with Crippen molar-refractivity contribution < 1.29 is 23.1 Å². The first kappa shape index (κ1) is 25.6. The van der Waals surface area contributed by atoms with Crippen molar-refractivity contribution in [2.75, 3.05) is 24.5 Å². The normalized spacial score (nSPS) is 18.1. The first-order valence-electron chi connectivity index (χ1n) is 12.6. The summed E-state index contributed by atoms with van der Waals surface area (Å²) in [6.07, 6.45) is 3.13. The van der Waals surface area contributed by atoms with Gasteiger partial charge >= 0.3 is 11.8 Å². The smallest absolute Gasteiger partial charge is 0.477 e. The van der Waals surface area contributed by atoms with Crippen molar-refractivity contribution in [1.29, 1.82) is 0 Å². The van der Waals surface area contributed by atoms with Crippen molar-refractivity contribution in [2.24, 2.45) is 0 Å². The Bertz CT molecular complexity index is 1710. The summed E-state index contributed by atoms with van der Waals surface area (Å²) in [5, 5.41) is 9.60. The Morgan fingerprint density at radius 1 is 1.13 bits per heavy atom. The number of nitrogens with zero attached hydrogens (tertiary/aromatic N) is 3. The van der Waals surface area contributed by atoms with Crippen LogP contribution in [0.1, 0.15) is 52.4 Å². The largest absolute Gasteiger partial charge is 0.519 e. The average Bonchev–Trinajstić information content (AvgIpc) is 3.69. The molecule has 1 saturated heterocycles. The fraction of sp³-hybridized carbons (Fsp3) is 0.321. The average molecular weight is 598 g/mol. The molecule has 1 N–H and O–H groups in total. The number of benzene rings is 2. The number of hydrogen-bond acceptors (Lipinski definition) is 7. The van der Waals surface area contributed by atoms with E-state index in [-0.39, 0.29) is 23.0 Å². The Labute approximate surface area is 230 Å². The van der Waals surface area contributed by atoms with E-state index in [1.165, 1.54) is 12.3 Å². The molecule has 11 heteroatoms. The van der Waals surface area contributed by atoms with Gasteiger partial charge in [-0.2, -0.15) is 0 Å². The van der Waals surface area contributed by atoms with E-state index in [1.807, 2.05) is 29.2 Å². The number of aromatic nitrogens is 1. The van der Waals surface area contributed by atoms with Crippen LogP contribution in [0.25, 0.3) is 10.9 Å². The highest BCUT2D eigenvalue weighted by atomic mass is 79.9. The molecule has 39 heavy (non-hydrogen) atoms. The molecule has 0 bridgehead atoms. The Hall–Kier alpha value is -3.70. The van der Waals surface area contributed by atoms with Crippen molar-refractivity contribution in [3.05, 3.63) is 96.4 Å². The van der Waals surface area contributed by atoms with Crippen LogP contribution < -0.4 is 16.2 Å². The predicted molar refractivity (Wildman–Crippen MR) is 145 cm³/mol. The molecule has 1 aliphatic carbocycles. The van der Waals surface area contributed by atoms with Crippen LogP contribution in [0.3, 0.4) is 0 Å². The Morgan fingerprint density at radius 3 is 2.51 bits per heavy atom. The van der Waals surface area contributed by atoms with Crippen LogP contribution in [0.2, 0.25) is 0 Å². The number of piperazine rings is 1. The van der Waals surface area contributed by atoms with E-state index in [9.17, 15) is 19.5 Å². The number of anilines is 1. The van der Waals surface area contributed by atoms with Crippen molar-refractivity contribution in [3.8, 4) is 0 Å². The lowest BCUT2D eigenvalue weighted by atomic mass is 10.0. The minimum absolute atomic E-state index is 0.0663. The van der Waals surface area contributed by atoms with Crippen LogP contribution >= 0.6 is 15.9 Å². The van der Waals surface area contributed by atoms with Gasteiger partial charge in [0.05, 0.1) is 23.8 Å². The van der Waals surface area contributed by atoms with Crippen LogP contribution in [-0.2, 0) is 6.54 Å². The number of carboxylic acid groups (broad SMARTS) is 1. The van der Waals surface area contributed by atoms with E-state index in [0.29, 0.717) is 48.9 Å². The van der Waals surface area contributed by atoms with Gasteiger partial charge < -0.3 is 23.4 Å². The molecule has 4 aromatic rings. The zero-order valence-corrected chi connectivity index (χ0v) is 22.6. The van der Waals surface area contributed by atoms with Crippen molar-refractivity contribution >= 4 is 38.5 Å². The molecule has 0 spiro atoms. The molecular formula is C28H25BrFN3O6. The van der Waals surface area contributed by atoms with E-state index >= 15 is 4.39 Å². The fourth-order valence-corrected chi connectivity index (χ4v) is 5.61. The van der Waals surface area contributed by atoms with Crippen LogP contribution in [-0.4, -0.2) is 40.2 Å². The van der Waals surface area contributed by atoms with E-state index in [4.69, 9.17) is 8.83 Å². The van der Waals surface area contributed by atoms with Gasteiger partial charge in [-0.25, -0.2) is 14.0 Å². The second-order valence-electron chi connectivity index (χ2n) is 10.1. The van der Waals surface area contributed by atoms with Gasteiger partial charge in [0, 0.05) is 41.7 Å². The summed E-state index contributed by atoms with van der Waals surface area (Å²) in [6, 6.07) is 10.6. The maximum absolute atomic E-state index is 15.6. The molecule has 0 radical (unpaired) electrons. The van der Waals surface area contributed by atoms with Crippen molar-refractivity contribution in [2.45, 2.75) is 38.4 Å². The van der Waals surface area contributed by atoms with Gasteiger partial charge in [0.2, 0.25) is 5.43 Å². The molecular weight excluding hydrogens is 573 g/mol. The summed E-state index contributed by atoms with van der Waals surface area (Å²) >= 11 is 3.47. The Balaban J connectivity index is 1.40. The monoisotopic (exact) mass is 597 g/mol. The van der Waals surface area contributed by atoms with Gasteiger partial charge in [0.25, 0.3) is 0 Å². The molecule has 202 valence electrons. The highest BCUT2D eigenvalue weighted by molar-refractivity contribution is 9.10. The lowest BCUT2D eigenvalue weighted by Gasteiger charge is -2.42. The van der Waals surface area contributed by atoms with Crippen LogP contribution in [0, 0.1) is 12.7 Å². The zero-order chi connectivity index (χ0) is 27.4. The highest BCUT2D eigenvalue weighted by Crippen LogP contribution is 2.39. The van der Waals surface area contributed by atoms with Gasteiger partial charge in [-0.1, -0.05) is 28.1 Å². The van der Waals surface area contributed by atoms with E-state index in [2.05, 4.69) is 20.8 Å². The number of aryl methyl sites for hydroxylation is 1. The number of carboxylic acids is 1. The first-order chi connectivity index (χ1) is 18.7. The number of halogens is 2. The molecule has 2 aromatic heterocycles. The summed E-state index contributed by atoms with van der Waals surface area (Å²) in [4.78, 5) is 40.3. The molecule has 1 atom stereocenters. The van der Waals surface area contributed by atoms with Gasteiger partial charge in [-0.15, -0.1) is 0 Å². The van der Waals surface area contributed by atoms with Gasteiger partial charge in [0.1, 0.15) is 17.1 Å². The first-order valence-corrected chi connectivity index (χ1v) is 13.4. The minimum Gasteiger partial charge on any atom is -0.477 e. The molecule has 0 amide bonds. The summed E-state index contributed by atoms with van der Waals surface area (Å²) in [6.45, 7) is 3.50. The second kappa shape index (κ2) is 9.80. The molecule has 3 heterocycles. The molecule has 1 aliphatic heterocycles. The molecule has 2 aliphatic rings. The van der Waals surface area contributed by atoms with Crippen LogP contribution in [0.4, 0.5) is 10.1 Å².